The van der Waals surface area contributed by atoms with Crippen LogP contribution in [0.15, 0.2) is 4.99 Å². The molecule has 1 saturated carbocycles. The molecule has 2 saturated heterocycles. The number of halogens is 1. The molecular formula is C21H39IN6O2. The lowest BCUT2D eigenvalue weighted by atomic mass is 10.1. The first kappa shape index (κ1) is 25.2. The second-order valence-electron chi connectivity index (χ2n) is 8.76. The van der Waals surface area contributed by atoms with Gasteiger partial charge in [0.25, 0.3) is 0 Å². The van der Waals surface area contributed by atoms with Crippen LogP contribution in [0.3, 0.4) is 0 Å². The molecule has 2 aliphatic heterocycles. The molecule has 2 heterocycles. The SMILES string of the molecule is CN(C)C(=O)CN=C(NC1CCCC1)N1CCN(CC(=O)N2CCCCC2)CC1.I. The smallest absolute Gasteiger partial charge is 0.243 e. The minimum absolute atomic E-state index is 0. The highest BCUT2D eigenvalue weighted by Crippen LogP contribution is 2.18. The standard InChI is InChI=1S/C21H38N6O2.HI/c1-24(2)19(28)16-22-21(23-18-8-4-5-9-18)27-14-12-25(13-15-27)17-20(29)26-10-6-3-7-11-26;/h18H,3-17H2,1-2H3,(H,22,23);1H. The van der Waals surface area contributed by atoms with E-state index in [-0.39, 0.29) is 42.3 Å². The monoisotopic (exact) mass is 534 g/mol. The maximum atomic E-state index is 12.5. The van der Waals surface area contributed by atoms with Crippen LogP contribution in [0.4, 0.5) is 0 Å². The number of carbonyl (C=O) groups excluding carboxylic acids is 2. The molecule has 0 aromatic heterocycles. The summed E-state index contributed by atoms with van der Waals surface area (Å²) >= 11 is 0. The molecule has 0 spiro atoms. The summed E-state index contributed by atoms with van der Waals surface area (Å²) in [7, 11) is 3.53. The Labute approximate surface area is 198 Å². The molecule has 0 radical (unpaired) electrons. The fourth-order valence-electron chi connectivity index (χ4n) is 4.33. The van der Waals surface area contributed by atoms with Gasteiger partial charge in [0.05, 0.1) is 6.54 Å². The fourth-order valence-corrected chi connectivity index (χ4v) is 4.33. The maximum Gasteiger partial charge on any atom is 0.243 e. The first-order chi connectivity index (χ1) is 14.0. The quantitative estimate of drug-likeness (QED) is 0.326. The van der Waals surface area contributed by atoms with Crippen molar-refractivity contribution in [3.05, 3.63) is 0 Å². The molecule has 0 aromatic carbocycles. The highest BCUT2D eigenvalue weighted by atomic mass is 127. The average molecular weight is 534 g/mol. The van der Waals surface area contributed by atoms with Gasteiger partial charge in [-0.05, 0) is 32.1 Å². The average Bonchev–Trinajstić information content (AvgIpc) is 3.25. The minimum atomic E-state index is 0. The first-order valence-electron chi connectivity index (χ1n) is 11.3. The molecule has 3 rings (SSSR count). The van der Waals surface area contributed by atoms with Crippen LogP contribution in [0, 0.1) is 0 Å². The van der Waals surface area contributed by atoms with Crippen molar-refractivity contribution in [3.8, 4) is 0 Å². The van der Waals surface area contributed by atoms with E-state index in [1.807, 2.05) is 4.90 Å². The molecule has 0 bridgehead atoms. The zero-order valence-corrected chi connectivity index (χ0v) is 21.0. The van der Waals surface area contributed by atoms with Gasteiger partial charge in [-0.2, -0.15) is 0 Å². The number of guanidine groups is 1. The maximum absolute atomic E-state index is 12.5. The van der Waals surface area contributed by atoms with E-state index in [9.17, 15) is 9.59 Å². The molecule has 3 aliphatic rings. The molecule has 9 heteroatoms. The molecular weight excluding hydrogens is 495 g/mol. The molecule has 172 valence electrons. The van der Waals surface area contributed by atoms with Crippen LogP contribution < -0.4 is 5.32 Å². The van der Waals surface area contributed by atoms with Crippen molar-refractivity contribution in [2.24, 2.45) is 4.99 Å². The Morgan fingerprint density at radius 1 is 0.900 bits per heavy atom. The number of aliphatic imine (C=N–C) groups is 1. The van der Waals surface area contributed by atoms with Gasteiger partial charge in [-0.15, -0.1) is 24.0 Å². The third-order valence-electron chi connectivity index (χ3n) is 6.29. The highest BCUT2D eigenvalue weighted by molar-refractivity contribution is 14.0. The lowest BCUT2D eigenvalue weighted by Gasteiger charge is -2.38. The number of nitrogens with one attached hydrogen (secondary N) is 1. The van der Waals surface area contributed by atoms with Gasteiger partial charge in [0.1, 0.15) is 6.54 Å². The van der Waals surface area contributed by atoms with E-state index in [0.717, 1.165) is 58.1 Å². The predicted octanol–water partition coefficient (Wildman–Crippen LogP) is 1.21. The molecule has 30 heavy (non-hydrogen) atoms. The molecule has 2 amide bonds. The number of rotatable bonds is 5. The lowest BCUT2D eigenvalue weighted by Crippen LogP contribution is -2.55. The van der Waals surface area contributed by atoms with Gasteiger partial charge < -0.3 is 20.0 Å². The molecule has 1 N–H and O–H groups in total. The lowest BCUT2D eigenvalue weighted by molar-refractivity contribution is -0.133. The Balaban J connectivity index is 0.00000320. The number of piperidine rings is 1. The predicted molar refractivity (Wildman–Crippen MR) is 130 cm³/mol. The number of carbonyl (C=O) groups is 2. The zero-order valence-electron chi connectivity index (χ0n) is 18.6. The number of likely N-dealkylation sites (N-methyl/N-ethyl adjacent to an activating group) is 1. The Kier molecular flexibility index (Phi) is 10.6. The van der Waals surface area contributed by atoms with Crippen molar-refractivity contribution in [2.45, 2.75) is 51.0 Å². The van der Waals surface area contributed by atoms with E-state index in [1.165, 1.54) is 32.1 Å². The molecule has 0 unspecified atom stereocenters. The van der Waals surface area contributed by atoms with Crippen molar-refractivity contribution in [1.82, 2.24) is 24.9 Å². The normalized spacial score (nSPS) is 21.3. The van der Waals surface area contributed by atoms with E-state index < -0.39 is 0 Å². The third-order valence-corrected chi connectivity index (χ3v) is 6.29. The third kappa shape index (κ3) is 7.55. The van der Waals surface area contributed by atoms with Crippen molar-refractivity contribution in [1.29, 1.82) is 0 Å². The molecule has 1 aliphatic carbocycles. The highest BCUT2D eigenvalue weighted by Gasteiger charge is 2.26. The van der Waals surface area contributed by atoms with E-state index in [2.05, 4.69) is 20.1 Å². The van der Waals surface area contributed by atoms with Crippen LogP contribution in [0.2, 0.25) is 0 Å². The van der Waals surface area contributed by atoms with Crippen LogP contribution in [0.25, 0.3) is 0 Å². The van der Waals surface area contributed by atoms with Crippen molar-refractivity contribution in [3.63, 3.8) is 0 Å². The van der Waals surface area contributed by atoms with Crippen molar-refractivity contribution < 1.29 is 9.59 Å². The Bertz CT molecular complexity index is 580. The van der Waals surface area contributed by atoms with E-state index in [1.54, 1.807) is 19.0 Å². The van der Waals surface area contributed by atoms with E-state index in [4.69, 9.17) is 0 Å². The molecule has 0 atom stereocenters. The van der Waals surface area contributed by atoms with Gasteiger partial charge in [0.15, 0.2) is 5.96 Å². The largest absolute Gasteiger partial charge is 0.353 e. The summed E-state index contributed by atoms with van der Waals surface area (Å²) in [4.78, 5) is 37.3. The number of hydrogen-bond acceptors (Lipinski definition) is 4. The summed E-state index contributed by atoms with van der Waals surface area (Å²) in [6, 6.07) is 0.460. The van der Waals surface area contributed by atoms with Gasteiger partial charge >= 0.3 is 0 Å². The first-order valence-corrected chi connectivity index (χ1v) is 11.3. The second kappa shape index (κ2) is 12.7. The topological polar surface area (TPSA) is 71.5 Å². The Hall–Kier alpha value is -1.10. The Morgan fingerprint density at radius 2 is 1.53 bits per heavy atom. The number of likely N-dealkylation sites (tertiary alicyclic amines) is 1. The van der Waals surface area contributed by atoms with Crippen LogP contribution >= 0.6 is 24.0 Å². The fraction of sp³-hybridized carbons (Fsp3) is 0.857. The van der Waals surface area contributed by atoms with Gasteiger partial charge in [-0.25, -0.2) is 4.99 Å². The minimum Gasteiger partial charge on any atom is -0.353 e. The summed E-state index contributed by atoms with van der Waals surface area (Å²) in [5.41, 5.74) is 0. The van der Waals surface area contributed by atoms with Crippen LogP contribution in [-0.2, 0) is 9.59 Å². The summed E-state index contributed by atoms with van der Waals surface area (Å²) in [5, 5.41) is 3.60. The number of piperazine rings is 1. The molecule has 0 aromatic rings. The summed E-state index contributed by atoms with van der Waals surface area (Å²) in [6.45, 7) is 5.91. The van der Waals surface area contributed by atoms with Crippen molar-refractivity contribution in [2.75, 3.05) is 66.5 Å². The number of hydrogen-bond donors (Lipinski definition) is 1. The summed E-state index contributed by atoms with van der Waals surface area (Å²) < 4.78 is 0. The number of amides is 2. The van der Waals surface area contributed by atoms with Crippen LogP contribution in [0.5, 0.6) is 0 Å². The Morgan fingerprint density at radius 3 is 2.13 bits per heavy atom. The van der Waals surface area contributed by atoms with Gasteiger partial charge in [-0.3, -0.25) is 14.5 Å². The molecule has 3 fully saturated rings. The van der Waals surface area contributed by atoms with E-state index >= 15 is 0 Å². The van der Waals surface area contributed by atoms with E-state index in [0.29, 0.717) is 12.6 Å². The summed E-state index contributed by atoms with van der Waals surface area (Å²) in [6.07, 6.45) is 8.38. The van der Waals surface area contributed by atoms with Crippen molar-refractivity contribution >= 4 is 41.8 Å². The van der Waals surface area contributed by atoms with Gasteiger partial charge in [0, 0.05) is 59.4 Å². The number of nitrogens with zero attached hydrogens (tertiary/aromatic N) is 5. The summed E-state index contributed by atoms with van der Waals surface area (Å²) in [5.74, 6) is 1.14. The van der Waals surface area contributed by atoms with Crippen LogP contribution in [0.1, 0.15) is 44.9 Å². The molecule has 8 nitrogen and oxygen atoms in total. The van der Waals surface area contributed by atoms with Crippen LogP contribution in [-0.4, -0.2) is 110 Å². The zero-order chi connectivity index (χ0) is 20.6. The second-order valence-corrected chi connectivity index (χ2v) is 8.76. The van der Waals surface area contributed by atoms with Gasteiger partial charge in [0.2, 0.25) is 11.8 Å². The van der Waals surface area contributed by atoms with Gasteiger partial charge in [-0.1, -0.05) is 12.8 Å².